The molecule has 2 aliphatic carbocycles. The van der Waals surface area contributed by atoms with Gasteiger partial charge in [-0.1, -0.05) is 33.3 Å². The van der Waals surface area contributed by atoms with Crippen LogP contribution in [-0.2, 0) is 26.7 Å². The van der Waals surface area contributed by atoms with Crippen molar-refractivity contribution in [2.75, 3.05) is 0 Å². The van der Waals surface area contributed by atoms with E-state index in [0.717, 1.165) is 36.8 Å². The molecular formula is C20H29NaO5S. The van der Waals surface area contributed by atoms with E-state index in [1.165, 1.54) is 0 Å². The van der Waals surface area contributed by atoms with E-state index in [1.54, 1.807) is 6.07 Å². The van der Waals surface area contributed by atoms with Crippen molar-refractivity contribution >= 4 is 45.6 Å². The SMILES string of the molecule is CC(C)c1cc2c(cc1S(=O)(=O)O)[C@@]1(C)CCC[C@@](C)(C(=O)O)[C@@H]1CC2.[NaH]. The van der Waals surface area contributed by atoms with Gasteiger partial charge in [-0.3, -0.25) is 9.35 Å². The monoisotopic (exact) mass is 404 g/mol. The van der Waals surface area contributed by atoms with Crippen molar-refractivity contribution in [3.63, 3.8) is 0 Å². The summed E-state index contributed by atoms with van der Waals surface area (Å²) in [6.07, 6.45) is 3.80. The van der Waals surface area contributed by atoms with Gasteiger partial charge in [0.2, 0.25) is 0 Å². The Morgan fingerprint density at radius 3 is 2.37 bits per heavy atom. The molecule has 5 nitrogen and oxygen atoms in total. The molecule has 0 radical (unpaired) electrons. The van der Waals surface area contributed by atoms with Crippen LogP contribution in [0.25, 0.3) is 0 Å². The Morgan fingerprint density at radius 1 is 1.22 bits per heavy atom. The Hall–Kier alpha value is -0.400. The van der Waals surface area contributed by atoms with Crippen LogP contribution in [0, 0.1) is 11.3 Å². The number of rotatable bonds is 3. The van der Waals surface area contributed by atoms with Crippen LogP contribution in [0.15, 0.2) is 17.0 Å². The zero-order valence-corrected chi connectivity index (χ0v) is 16.7. The van der Waals surface area contributed by atoms with E-state index < -0.39 is 26.9 Å². The molecule has 1 saturated carbocycles. The third-order valence-corrected chi connectivity index (χ3v) is 7.78. The molecule has 0 amide bonds. The summed E-state index contributed by atoms with van der Waals surface area (Å²) in [4.78, 5) is 12.0. The third-order valence-electron chi connectivity index (χ3n) is 6.87. The Kier molecular flexibility index (Phi) is 6.31. The fourth-order valence-corrected chi connectivity index (χ4v) is 6.31. The molecule has 0 unspecified atom stereocenters. The van der Waals surface area contributed by atoms with Crippen LogP contribution < -0.4 is 0 Å². The predicted octanol–water partition coefficient (Wildman–Crippen LogP) is 3.50. The van der Waals surface area contributed by atoms with Gasteiger partial charge in [0.25, 0.3) is 10.1 Å². The minimum atomic E-state index is -4.34. The first-order chi connectivity index (χ1) is 11.9. The second-order valence-corrected chi connectivity index (χ2v) is 10.2. The fraction of sp³-hybridized carbons (Fsp3) is 0.650. The normalized spacial score (nSPS) is 30.2. The molecule has 0 saturated heterocycles. The average molecular weight is 405 g/mol. The van der Waals surface area contributed by atoms with E-state index >= 15 is 0 Å². The van der Waals surface area contributed by atoms with Crippen molar-refractivity contribution in [3.05, 3.63) is 28.8 Å². The number of benzene rings is 1. The summed E-state index contributed by atoms with van der Waals surface area (Å²) < 4.78 is 33.8. The third kappa shape index (κ3) is 3.64. The maximum absolute atomic E-state index is 12.0. The molecule has 1 aromatic carbocycles. The maximum atomic E-state index is 12.0. The van der Waals surface area contributed by atoms with Crippen LogP contribution in [0.5, 0.6) is 0 Å². The molecule has 146 valence electrons. The molecule has 3 atom stereocenters. The Labute approximate surface area is 184 Å². The number of hydrogen-bond acceptors (Lipinski definition) is 3. The van der Waals surface area contributed by atoms with Crippen molar-refractivity contribution in [2.45, 2.75) is 76.0 Å². The first-order valence-electron chi connectivity index (χ1n) is 9.29. The molecular weight excluding hydrogens is 375 g/mol. The van der Waals surface area contributed by atoms with Crippen LogP contribution in [0.1, 0.15) is 76.0 Å². The number of hydrogen-bond donors (Lipinski definition) is 2. The summed E-state index contributed by atoms with van der Waals surface area (Å²) in [5.74, 6) is -0.850. The second kappa shape index (κ2) is 7.45. The number of aryl methyl sites for hydroxylation is 1. The molecule has 0 aromatic heterocycles. The minimum absolute atomic E-state index is 0. The molecule has 0 aliphatic heterocycles. The Balaban J connectivity index is 0.00000261. The number of carboxylic acids is 1. The molecule has 3 rings (SSSR count). The van der Waals surface area contributed by atoms with Crippen molar-refractivity contribution < 1.29 is 22.9 Å². The first kappa shape index (κ1) is 22.9. The van der Waals surface area contributed by atoms with Crippen LogP contribution in [-0.4, -0.2) is 53.6 Å². The van der Waals surface area contributed by atoms with Gasteiger partial charge >= 0.3 is 35.5 Å². The van der Waals surface area contributed by atoms with Crippen LogP contribution >= 0.6 is 0 Å². The number of carboxylic acid groups (broad SMARTS) is 1. The quantitative estimate of drug-likeness (QED) is 0.594. The average Bonchev–Trinajstić information content (AvgIpc) is 2.52. The van der Waals surface area contributed by atoms with Crippen molar-refractivity contribution in [1.82, 2.24) is 0 Å². The standard InChI is InChI=1S/C20H28O5S.Na.H/c1-12(2)14-10-13-6-7-17-19(3,8-5-9-20(17,4)18(21)22)15(13)11-16(14)26(23,24)25;;/h10-12,17H,5-9H2,1-4H3,(H,21,22)(H,23,24,25);;/t17-,19-,20-;;/m1../s1. The Morgan fingerprint density at radius 2 is 1.85 bits per heavy atom. The first-order valence-corrected chi connectivity index (χ1v) is 10.7. The fourth-order valence-electron chi connectivity index (χ4n) is 5.45. The van der Waals surface area contributed by atoms with Crippen LogP contribution in [0.2, 0.25) is 0 Å². The van der Waals surface area contributed by atoms with Crippen molar-refractivity contribution in [3.8, 4) is 0 Å². The summed E-state index contributed by atoms with van der Waals surface area (Å²) >= 11 is 0. The zero-order chi connectivity index (χ0) is 19.5. The zero-order valence-electron chi connectivity index (χ0n) is 15.9. The van der Waals surface area contributed by atoms with Gasteiger partial charge < -0.3 is 5.11 Å². The van der Waals surface area contributed by atoms with Gasteiger partial charge in [0.1, 0.15) is 0 Å². The molecule has 1 fully saturated rings. The van der Waals surface area contributed by atoms with E-state index in [-0.39, 0.29) is 46.3 Å². The van der Waals surface area contributed by atoms with Gasteiger partial charge in [0.05, 0.1) is 10.3 Å². The van der Waals surface area contributed by atoms with E-state index in [2.05, 4.69) is 6.92 Å². The van der Waals surface area contributed by atoms with Crippen LogP contribution in [0.4, 0.5) is 0 Å². The summed E-state index contributed by atoms with van der Waals surface area (Å²) in [7, 11) is -4.34. The molecule has 1 aromatic rings. The molecule has 0 heterocycles. The van der Waals surface area contributed by atoms with E-state index in [9.17, 15) is 22.9 Å². The van der Waals surface area contributed by atoms with Gasteiger partial charge in [-0.05, 0) is 72.6 Å². The molecule has 7 heteroatoms. The van der Waals surface area contributed by atoms with E-state index in [4.69, 9.17) is 0 Å². The van der Waals surface area contributed by atoms with E-state index in [1.807, 2.05) is 26.8 Å². The molecule has 27 heavy (non-hydrogen) atoms. The summed E-state index contributed by atoms with van der Waals surface area (Å²) in [5.41, 5.74) is 1.42. The van der Waals surface area contributed by atoms with Gasteiger partial charge in [0, 0.05) is 0 Å². The summed E-state index contributed by atoms with van der Waals surface area (Å²) in [6, 6.07) is 3.54. The van der Waals surface area contributed by atoms with Gasteiger partial charge in [-0.2, -0.15) is 8.42 Å². The number of aliphatic carboxylic acids is 1. The summed E-state index contributed by atoms with van der Waals surface area (Å²) in [5, 5.41) is 9.86. The topological polar surface area (TPSA) is 91.7 Å². The van der Waals surface area contributed by atoms with Gasteiger partial charge in [-0.15, -0.1) is 0 Å². The molecule has 0 bridgehead atoms. The molecule has 0 spiro atoms. The van der Waals surface area contributed by atoms with Gasteiger partial charge in [0.15, 0.2) is 0 Å². The molecule has 2 N–H and O–H groups in total. The number of fused-ring (bicyclic) bond motifs is 3. The summed E-state index contributed by atoms with van der Waals surface area (Å²) in [6.45, 7) is 7.71. The number of carbonyl (C=O) groups is 1. The predicted molar refractivity (Wildman–Crippen MR) is 106 cm³/mol. The van der Waals surface area contributed by atoms with Gasteiger partial charge in [-0.25, -0.2) is 0 Å². The second-order valence-electron chi connectivity index (χ2n) is 8.76. The van der Waals surface area contributed by atoms with E-state index in [0.29, 0.717) is 12.0 Å². The van der Waals surface area contributed by atoms with Crippen molar-refractivity contribution in [1.29, 1.82) is 0 Å². The van der Waals surface area contributed by atoms with Crippen molar-refractivity contribution in [2.24, 2.45) is 11.3 Å². The molecule has 2 aliphatic rings. The Bertz CT molecular complexity index is 863. The van der Waals surface area contributed by atoms with Crippen LogP contribution in [0.3, 0.4) is 0 Å².